The minimum atomic E-state index is -0.666. The van der Waals surface area contributed by atoms with E-state index >= 15 is 0 Å². The van der Waals surface area contributed by atoms with Gasteiger partial charge in [0, 0.05) is 12.8 Å². The number of esters is 1. The normalized spacial score (nSPS) is 12.6. The van der Waals surface area contributed by atoms with Crippen molar-refractivity contribution in [2.45, 2.75) is 431 Å². The van der Waals surface area contributed by atoms with Gasteiger partial charge in [0.05, 0.1) is 25.4 Å². The first-order valence-electron chi connectivity index (χ1n) is 37.1. The van der Waals surface area contributed by atoms with Gasteiger partial charge in [-0.1, -0.05) is 372 Å². The molecule has 0 aliphatic heterocycles. The van der Waals surface area contributed by atoms with Gasteiger partial charge >= 0.3 is 5.97 Å². The van der Waals surface area contributed by atoms with Crippen molar-refractivity contribution < 1.29 is 24.5 Å². The quantitative estimate of drug-likeness (QED) is 0.0320. The van der Waals surface area contributed by atoms with E-state index in [1.807, 2.05) is 0 Å². The fraction of sp³-hybridized carbons (Fsp3) is 0.920. The van der Waals surface area contributed by atoms with Gasteiger partial charge < -0.3 is 20.3 Å². The Bertz CT molecular complexity index is 1270. The Morgan fingerprint density at radius 2 is 0.617 bits per heavy atom. The van der Waals surface area contributed by atoms with Gasteiger partial charge in [-0.25, -0.2) is 0 Å². The van der Waals surface area contributed by atoms with Crippen LogP contribution in [0.25, 0.3) is 0 Å². The molecule has 0 fully saturated rings. The summed E-state index contributed by atoms with van der Waals surface area (Å²) in [5.41, 5.74) is 0. The van der Waals surface area contributed by atoms with Crippen molar-refractivity contribution in [3.63, 3.8) is 0 Å². The topological polar surface area (TPSA) is 95.9 Å². The second-order valence-electron chi connectivity index (χ2n) is 25.6. The molecule has 0 saturated heterocycles. The Kier molecular flexibility index (Phi) is 69.4. The molecule has 81 heavy (non-hydrogen) atoms. The van der Waals surface area contributed by atoms with E-state index in [0.717, 1.165) is 51.4 Å². The van der Waals surface area contributed by atoms with Gasteiger partial charge in [0.2, 0.25) is 5.91 Å². The lowest BCUT2D eigenvalue weighted by Gasteiger charge is -2.22. The highest BCUT2D eigenvalue weighted by atomic mass is 16.5. The van der Waals surface area contributed by atoms with Crippen molar-refractivity contribution in [3.8, 4) is 0 Å². The maximum absolute atomic E-state index is 12.6. The molecule has 1 amide bonds. The van der Waals surface area contributed by atoms with Gasteiger partial charge in [-0.2, -0.15) is 0 Å². The molecule has 0 aromatic rings. The molecular weight excluding hydrogens is 995 g/mol. The zero-order valence-corrected chi connectivity index (χ0v) is 55.0. The summed E-state index contributed by atoms with van der Waals surface area (Å²) in [6.07, 6.45) is 89.5. The van der Waals surface area contributed by atoms with Crippen molar-refractivity contribution in [1.29, 1.82) is 0 Å². The first-order valence-corrected chi connectivity index (χ1v) is 37.1. The van der Waals surface area contributed by atoms with Gasteiger partial charge in [0.1, 0.15) is 0 Å². The molecule has 0 aromatic carbocycles. The van der Waals surface area contributed by atoms with Crippen LogP contribution in [0.4, 0.5) is 0 Å². The molecule has 2 atom stereocenters. The predicted molar refractivity (Wildman–Crippen MR) is 356 cm³/mol. The van der Waals surface area contributed by atoms with Crippen LogP contribution in [-0.4, -0.2) is 47.4 Å². The third-order valence-corrected chi connectivity index (χ3v) is 17.5. The Labute approximate surface area is 507 Å². The van der Waals surface area contributed by atoms with E-state index in [2.05, 4.69) is 43.5 Å². The lowest BCUT2D eigenvalue weighted by molar-refractivity contribution is -0.143. The minimum absolute atomic E-state index is 0.00675. The standard InChI is InChI=1S/C75H145NO5/c1-3-5-7-9-11-13-15-17-19-21-22-23-24-25-26-29-32-36-39-43-47-51-55-59-63-67-73(78)72(71-77)76-74(79)68-64-60-56-52-48-44-40-37-33-30-27-28-31-34-38-42-46-50-54-58-62-66-70-81-75(80)69-65-61-57-53-49-45-41-35-20-18-16-14-12-10-8-6-4-2/h12,14,18,20,72-73,77-78H,3-11,13,15-17,19,21-71H2,1-2H3,(H,76,79)/b14-12-,20-18-. The summed E-state index contributed by atoms with van der Waals surface area (Å²) in [5.74, 6) is -0.0232. The number of amides is 1. The van der Waals surface area contributed by atoms with Gasteiger partial charge in [-0.3, -0.25) is 9.59 Å². The Morgan fingerprint density at radius 1 is 0.346 bits per heavy atom. The van der Waals surface area contributed by atoms with Crippen LogP contribution in [0, 0.1) is 0 Å². The number of allylic oxidation sites excluding steroid dienone is 4. The number of hydrogen-bond acceptors (Lipinski definition) is 5. The van der Waals surface area contributed by atoms with Gasteiger partial charge in [-0.05, 0) is 57.8 Å². The lowest BCUT2D eigenvalue weighted by atomic mass is 10.0. The number of carbonyl (C=O) groups is 2. The van der Waals surface area contributed by atoms with Crippen molar-refractivity contribution in [3.05, 3.63) is 24.3 Å². The highest BCUT2D eigenvalue weighted by Crippen LogP contribution is 2.20. The molecule has 0 rings (SSSR count). The van der Waals surface area contributed by atoms with Crippen molar-refractivity contribution in [2.75, 3.05) is 13.2 Å². The smallest absolute Gasteiger partial charge is 0.305 e. The average molecular weight is 1140 g/mol. The van der Waals surface area contributed by atoms with Crippen LogP contribution in [0.5, 0.6) is 0 Å². The van der Waals surface area contributed by atoms with E-state index in [-0.39, 0.29) is 18.5 Å². The molecule has 3 N–H and O–H groups in total. The summed E-state index contributed by atoms with van der Waals surface area (Å²) in [7, 11) is 0. The predicted octanol–water partition coefficient (Wildman–Crippen LogP) is 24.1. The molecule has 0 spiro atoms. The van der Waals surface area contributed by atoms with Gasteiger partial charge in [-0.15, -0.1) is 0 Å². The second-order valence-corrected chi connectivity index (χ2v) is 25.6. The summed E-state index contributed by atoms with van der Waals surface area (Å²) in [6.45, 7) is 4.97. The highest BCUT2D eigenvalue weighted by Gasteiger charge is 2.20. The van der Waals surface area contributed by atoms with Crippen molar-refractivity contribution in [1.82, 2.24) is 5.32 Å². The zero-order valence-electron chi connectivity index (χ0n) is 55.0. The van der Waals surface area contributed by atoms with Crippen molar-refractivity contribution in [2.24, 2.45) is 0 Å². The number of aliphatic hydroxyl groups is 2. The summed E-state index contributed by atoms with van der Waals surface area (Å²) in [5, 5.41) is 23.5. The molecule has 0 aromatic heterocycles. The lowest BCUT2D eigenvalue weighted by Crippen LogP contribution is -2.45. The molecule has 6 nitrogen and oxygen atoms in total. The van der Waals surface area contributed by atoms with E-state index in [4.69, 9.17) is 4.74 Å². The number of nitrogens with one attached hydrogen (secondary N) is 1. The fourth-order valence-electron chi connectivity index (χ4n) is 11.9. The van der Waals surface area contributed by atoms with Crippen LogP contribution in [0.1, 0.15) is 418 Å². The highest BCUT2D eigenvalue weighted by molar-refractivity contribution is 5.76. The molecule has 0 aliphatic rings. The summed E-state index contributed by atoms with van der Waals surface area (Å²) in [6, 6.07) is -0.543. The van der Waals surface area contributed by atoms with Crippen LogP contribution in [0.2, 0.25) is 0 Å². The van der Waals surface area contributed by atoms with Crippen molar-refractivity contribution >= 4 is 11.9 Å². The average Bonchev–Trinajstić information content (AvgIpc) is 3.47. The molecule has 480 valence electrons. The van der Waals surface area contributed by atoms with Crippen LogP contribution < -0.4 is 5.32 Å². The Hall–Kier alpha value is -1.66. The zero-order chi connectivity index (χ0) is 58.5. The Morgan fingerprint density at radius 3 is 0.963 bits per heavy atom. The molecule has 0 heterocycles. The monoisotopic (exact) mass is 1140 g/mol. The van der Waals surface area contributed by atoms with Gasteiger partial charge in [0.25, 0.3) is 0 Å². The maximum Gasteiger partial charge on any atom is 0.305 e. The fourth-order valence-corrected chi connectivity index (χ4v) is 11.9. The number of ether oxygens (including phenoxy) is 1. The van der Waals surface area contributed by atoms with E-state index in [9.17, 15) is 19.8 Å². The molecule has 0 bridgehead atoms. The Balaban J connectivity index is 3.38. The van der Waals surface area contributed by atoms with E-state index in [1.165, 1.54) is 334 Å². The largest absolute Gasteiger partial charge is 0.466 e. The molecule has 0 radical (unpaired) electrons. The van der Waals surface area contributed by atoms with E-state index in [1.54, 1.807) is 0 Å². The van der Waals surface area contributed by atoms with Gasteiger partial charge in [0.15, 0.2) is 0 Å². The third kappa shape index (κ3) is 67.3. The second kappa shape index (κ2) is 70.8. The number of unbranched alkanes of at least 4 members (excludes halogenated alkanes) is 55. The van der Waals surface area contributed by atoms with Crippen LogP contribution in [0.15, 0.2) is 24.3 Å². The molecule has 0 aliphatic carbocycles. The van der Waals surface area contributed by atoms with E-state index in [0.29, 0.717) is 25.9 Å². The minimum Gasteiger partial charge on any atom is -0.466 e. The SMILES string of the molecule is CCCCC/C=C\C/C=C\CCCCCCCCCC(=O)OCCCCCCCCCCCCCCCCCCCCCCCCC(=O)NC(CO)C(O)CCCCCCCCCCCCCCCCCCCCCCCCCCC. The van der Waals surface area contributed by atoms with E-state index < -0.39 is 12.1 Å². The number of hydrogen-bond donors (Lipinski definition) is 3. The number of aliphatic hydroxyl groups excluding tert-OH is 2. The summed E-state index contributed by atoms with van der Waals surface area (Å²) in [4.78, 5) is 24.7. The van der Waals surface area contributed by atoms with Crippen LogP contribution in [0.3, 0.4) is 0 Å². The molecule has 6 heteroatoms. The molecular formula is C75H145NO5. The summed E-state index contributed by atoms with van der Waals surface area (Å²) >= 11 is 0. The maximum atomic E-state index is 12.6. The molecule has 0 saturated carbocycles. The number of carbonyl (C=O) groups excluding carboxylic acids is 2. The number of rotatable bonds is 70. The summed E-state index contributed by atoms with van der Waals surface area (Å²) < 4.78 is 5.50. The third-order valence-electron chi connectivity index (χ3n) is 17.5. The van der Waals surface area contributed by atoms with Crippen LogP contribution in [-0.2, 0) is 14.3 Å². The molecule has 2 unspecified atom stereocenters. The first kappa shape index (κ1) is 79.3. The van der Waals surface area contributed by atoms with Crippen LogP contribution >= 0.6 is 0 Å². The first-order chi connectivity index (χ1) is 40.0.